The summed E-state index contributed by atoms with van der Waals surface area (Å²) in [7, 11) is 0. The molecule has 1 saturated heterocycles. The smallest absolute Gasteiger partial charge is 0.104 e. The maximum atomic E-state index is 10.9. The first-order chi connectivity index (χ1) is 20.6. The van der Waals surface area contributed by atoms with E-state index in [1.807, 2.05) is 61.5 Å². The van der Waals surface area contributed by atoms with Crippen LogP contribution in [0.5, 0.6) is 0 Å². The summed E-state index contributed by atoms with van der Waals surface area (Å²) in [5.74, 6) is 0. The zero-order valence-electron chi connectivity index (χ0n) is 24.3. The number of rotatable bonds is 7. The number of nitriles is 1. The predicted octanol–water partition coefficient (Wildman–Crippen LogP) is 8.41. The molecule has 0 saturated carbocycles. The van der Waals surface area contributed by atoms with E-state index in [-0.39, 0.29) is 0 Å². The van der Waals surface area contributed by atoms with Gasteiger partial charge in [0.1, 0.15) is 6.10 Å². The molecule has 2 atom stereocenters. The first kappa shape index (κ1) is 27.9. The Bertz CT molecular complexity index is 1600. The maximum absolute atomic E-state index is 10.9. The second kappa shape index (κ2) is 12.3. The normalized spacial score (nSPS) is 17.0. The molecule has 0 radical (unpaired) electrons. The van der Waals surface area contributed by atoms with Gasteiger partial charge in [0, 0.05) is 13.1 Å². The van der Waals surface area contributed by atoms with Crippen molar-refractivity contribution in [1.82, 2.24) is 4.90 Å². The van der Waals surface area contributed by atoms with Gasteiger partial charge in [0.25, 0.3) is 0 Å². The fourth-order valence-electron chi connectivity index (χ4n) is 6.54. The third kappa shape index (κ3) is 5.74. The molecule has 1 fully saturated rings. The van der Waals surface area contributed by atoms with Crippen molar-refractivity contribution in [3.63, 3.8) is 0 Å². The lowest BCUT2D eigenvalue weighted by Gasteiger charge is -2.31. The minimum absolute atomic E-state index is 0.601. The highest BCUT2D eigenvalue weighted by Gasteiger charge is 2.28. The Morgan fingerprint density at radius 2 is 1.38 bits per heavy atom. The van der Waals surface area contributed by atoms with E-state index in [9.17, 15) is 10.4 Å². The van der Waals surface area contributed by atoms with Crippen LogP contribution in [0.4, 0.5) is 0 Å². The number of benzene rings is 4. The lowest BCUT2D eigenvalue weighted by atomic mass is 9.79. The average molecular weight is 551 g/mol. The summed E-state index contributed by atoms with van der Waals surface area (Å²) in [5.41, 5.74) is 10.3. The molecule has 0 aromatic heterocycles. The first-order valence-corrected chi connectivity index (χ1v) is 15.1. The minimum Gasteiger partial charge on any atom is -0.384 e. The van der Waals surface area contributed by atoms with Gasteiger partial charge < -0.3 is 10.0 Å². The summed E-state index contributed by atoms with van der Waals surface area (Å²) in [5, 5.41) is 21.2. The minimum atomic E-state index is -0.700. The lowest BCUT2D eigenvalue weighted by molar-refractivity contribution is 0.220. The van der Waals surface area contributed by atoms with Gasteiger partial charge >= 0.3 is 0 Å². The molecule has 1 aliphatic heterocycles. The Hall–Kier alpha value is -4.23. The van der Waals surface area contributed by atoms with E-state index in [1.165, 1.54) is 27.8 Å². The second-order valence-electron chi connectivity index (χ2n) is 11.8. The number of hydrogen-bond acceptors (Lipinski definition) is 3. The molecule has 3 heteroatoms. The van der Waals surface area contributed by atoms with Crippen LogP contribution in [-0.4, -0.2) is 29.6 Å². The molecule has 1 N–H and O–H groups in total. The summed E-state index contributed by atoms with van der Waals surface area (Å²) in [4.78, 5) is 2.56. The number of aliphatic hydroxyl groups excluding tert-OH is 1. The highest BCUT2D eigenvalue weighted by atomic mass is 16.3. The molecule has 0 bridgehead atoms. The molecular formula is C39H38N2O. The van der Waals surface area contributed by atoms with Crippen molar-refractivity contribution in [2.75, 3.05) is 19.6 Å². The molecule has 2 unspecified atom stereocenters. The molecule has 4 aromatic rings. The molecule has 2 aliphatic rings. The van der Waals surface area contributed by atoms with Crippen LogP contribution in [0.3, 0.4) is 0 Å². The van der Waals surface area contributed by atoms with Crippen LogP contribution >= 0.6 is 0 Å². The Kier molecular flexibility index (Phi) is 8.20. The van der Waals surface area contributed by atoms with Crippen LogP contribution in [0.15, 0.2) is 109 Å². The van der Waals surface area contributed by atoms with E-state index in [0.29, 0.717) is 0 Å². The van der Waals surface area contributed by atoms with Crippen LogP contribution in [0.2, 0.25) is 0 Å². The van der Waals surface area contributed by atoms with E-state index in [2.05, 4.69) is 71.7 Å². The summed E-state index contributed by atoms with van der Waals surface area (Å²) in [6, 6.07) is 37.8. The Labute approximate surface area is 250 Å². The van der Waals surface area contributed by atoms with Crippen molar-refractivity contribution in [3.8, 4) is 6.07 Å². The van der Waals surface area contributed by atoms with Crippen LogP contribution in [0.25, 0.3) is 17.7 Å². The quantitative estimate of drug-likeness (QED) is 0.221. The Morgan fingerprint density at radius 1 is 0.786 bits per heavy atom. The van der Waals surface area contributed by atoms with Crippen LogP contribution in [0, 0.1) is 11.3 Å². The number of piperidine rings is 1. The van der Waals surface area contributed by atoms with Gasteiger partial charge in [-0.05, 0) is 83.7 Å². The number of aliphatic hydroxyl groups is 1. The van der Waals surface area contributed by atoms with Crippen molar-refractivity contribution in [2.45, 2.75) is 44.1 Å². The van der Waals surface area contributed by atoms with E-state index in [0.717, 1.165) is 62.0 Å². The monoisotopic (exact) mass is 550 g/mol. The topological polar surface area (TPSA) is 47.3 Å². The van der Waals surface area contributed by atoms with Crippen molar-refractivity contribution >= 4 is 17.7 Å². The highest BCUT2D eigenvalue weighted by Crippen LogP contribution is 2.39. The van der Waals surface area contributed by atoms with Gasteiger partial charge in [0.05, 0.1) is 11.5 Å². The summed E-state index contributed by atoms with van der Waals surface area (Å²) in [6.07, 6.45) is 7.67. The molecular weight excluding hydrogens is 512 g/mol. The molecule has 42 heavy (non-hydrogen) atoms. The fraction of sp³-hybridized carbons (Fsp3) is 0.256. The van der Waals surface area contributed by atoms with Crippen molar-refractivity contribution in [2.24, 2.45) is 0 Å². The van der Waals surface area contributed by atoms with E-state index < -0.39 is 11.5 Å². The Balaban J connectivity index is 1.12. The van der Waals surface area contributed by atoms with Gasteiger partial charge in [-0.3, -0.25) is 0 Å². The van der Waals surface area contributed by atoms with Gasteiger partial charge in [0.2, 0.25) is 0 Å². The Morgan fingerprint density at radius 3 is 2.02 bits per heavy atom. The molecule has 1 heterocycles. The standard InChI is InChI=1S/C39H38N2O/c1-39(28-40,34-16-9-15-33(27-34)38(42)32-13-3-2-4-14-32)23-10-24-41-25-21-31(22-26-41)37-35-17-7-5-11-29(35)19-20-30-12-6-8-18-36(30)37/h2-9,11-20,27,38,42H,10,21-26H2,1H3. The van der Waals surface area contributed by atoms with Crippen molar-refractivity contribution in [3.05, 3.63) is 148 Å². The van der Waals surface area contributed by atoms with Crippen molar-refractivity contribution < 1.29 is 5.11 Å². The fourth-order valence-corrected chi connectivity index (χ4v) is 6.54. The molecule has 6 rings (SSSR count). The van der Waals surface area contributed by atoms with Crippen molar-refractivity contribution in [1.29, 1.82) is 5.26 Å². The SMILES string of the molecule is CC(C#N)(CCCN1CCC(=C2c3ccccc3C=Cc3ccccc32)CC1)c1cccc(C(O)c2ccccc2)c1. The summed E-state index contributed by atoms with van der Waals surface area (Å²) < 4.78 is 0. The number of hydrogen-bond donors (Lipinski definition) is 1. The second-order valence-corrected chi connectivity index (χ2v) is 11.8. The number of likely N-dealkylation sites (tertiary alicyclic amines) is 1. The third-order valence-electron chi connectivity index (χ3n) is 9.07. The van der Waals surface area contributed by atoms with Crippen LogP contribution in [-0.2, 0) is 5.41 Å². The molecule has 0 amide bonds. The van der Waals surface area contributed by atoms with Gasteiger partial charge in [-0.25, -0.2) is 0 Å². The van der Waals surface area contributed by atoms with Gasteiger partial charge in [-0.1, -0.05) is 121 Å². The number of nitrogens with zero attached hydrogens (tertiary/aromatic N) is 2. The van der Waals surface area contributed by atoms with E-state index in [4.69, 9.17) is 0 Å². The maximum Gasteiger partial charge on any atom is 0.104 e. The summed E-state index contributed by atoms with van der Waals surface area (Å²) >= 11 is 0. The van der Waals surface area contributed by atoms with Crippen LogP contribution in [0.1, 0.15) is 77.7 Å². The number of fused-ring (bicyclic) bond motifs is 2. The first-order valence-electron chi connectivity index (χ1n) is 15.1. The predicted molar refractivity (Wildman–Crippen MR) is 173 cm³/mol. The van der Waals surface area contributed by atoms with E-state index in [1.54, 1.807) is 5.57 Å². The van der Waals surface area contributed by atoms with Gasteiger partial charge in [0.15, 0.2) is 0 Å². The zero-order chi connectivity index (χ0) is 28.9. The molecule has 4 aromatic carbocycles. The van der Waals surface area contributed by atoms with Gasteiger partial charge in [-0.15, -0.1) is 0 Å². The average Bonchev–Trinajstić information content (AvgIpc) is 3.22. The zero-order valence-corrected chi connectivity index (χ0v) is 24.3. The lowest BCUT2D eigenvalue weighted by Crippen LogP contribution is -2.33. The van der Waals surface area contributed by atoms with E-state index >= 15 is 0 Å². The van der Waals surface area contributed by atoms with Gasteiger partial charge in [-0.2, -0.15) is 5.26 Å². The molecule has 0 spiro atoms. The molecule has 210 valence electrons. The molecule has 1 aliphatic carbocycles. The third-order valence-corrected chi connectivity index (χ3v) is 9.07. The summed E-state index contributed by atoms with van der Waals surface area (Å²) in [6.45, 7) is 5.10. The highest BCUT2D eigenvalue weighted by molar-refractivity contribution is 5.94. The largest absolute Gasteiger partial charge is 0.384 e. The molecule has 3 nitrogen and oxygen atoms in total. The van der Waals surface area contributed by atoms with Crippen LogP contribution < -0.4 is 0 Å².